The van der Waals surface area contributed by atoms with Crippen molar-refractivity contribution in [3.8, 4) is 11.5 Å². The second-order valence-corrected chi connectivity index (χ2v) is 20.3. The Morgan fingerprint density at radius 2 is 0.726 bits per heavy atom. The molecule has 6 rings (SSSR count). The molecule has 8 N–H and O–H groups in total. The van der Waals surface area contributed by atoms with Gasteiger partial charge in [-0.3, -0.25) is 10.4 Å². The molecule has 62 heavy (non-hydrogen) atoms. The summed E-state index contributed by atoms with van der Waals surface area (Å²) in [7, 11) is 0. The van der Waals surface area contributed by atoms with E-state index >= 15 is 0 Å². The van der Waals surface area contributed by atoms with E-state index in [0.29, 0.717) is 36.0 Å². The first-order valence-electron chi connectivity index (χ1n) is 21.2. The molecule has 0 atom stereocenters. The van der Waals surface area contributed by atoms with Crippen LogP contribution in [0.2, 0.25) is 0 Å². The monoisotopic (exact) mass is 836 g/mol. The zero-order chi connectivity index (χ0) is 45.4. The maximum atomic E-state index is 11.3. The fourth-order valence-corrected chi connectivity index (χ4v) is 7.85. The van der Waals surface area contributed by atoms with E-state index in [4.69, 9.17) is 9.98 Å². The molecule has 0 saturated carbocycles. The number of nitrogens with one attached hydrogen (secondary N) is 4. The average molecular weight is 837 g/mol. The van der Waals surface area contributed by atoms with Gasteiger partial charge < -0.3 is 20.8 Å². The highest BCUT2D eigenvalue weighted by Crippen LogP contribution is 2.42. The van der Waals surface area contributed by atoms with Gasteiger partial charge in [-0.1, -0.05) is 132 Å². The van der Waals surface area contributed by atoms with E-state index in [1.807, 2.05) is 72.8 Å². The van der Waals surface area contributed by atoms with Crippen LogP contribution in [0, 0.1) is 0 Å². The van der Waals surface area contributed by atoms with Crippen LogP contribution in [-0.4, -0.2) is 32.3 Å². The van der Waals surface area contributed by atoms with Gasteiger partial charge in [0.25, 0.3) is 0 Å². The van der Waals surface area contributed by atoms with Crippen molar-refractivity contribution in [3.05, 3.63) is 130 Å². The van der Waals surface area contributed by atoms with Crippen molar-refractivity contribution in [1.82, 2.24) is 11.0 Å². The number of nitrogens with zero attached hydrogens (tertiary/aromatic N) is 2. The predicted octanol–water partition coefficient (Wildman–Crippen LogP) is 12.5. The molecular weight excluding hydrogens is 773 g/mol. The smallest absolute Gasteiger partial charge is 0.195 e. The highest BCUT2D eigenvalue weighted by molar-refractivity contribution is 6.41. The first kappa shape index (κ1) is 45.4. The molecule has 0 bridgehead atoms. The third-order valence-corrected chi connectivity index (χ3v) is 11.2. The van der Waals surface area contributed by atoms with Crippen molar-refractivity contribution in [2.75, 3.05) is 10.6 Å². The number of fused-ring (bicyclic) bond motifs is 2. The lowest BCUT2D eigenvalue weighted by atomic mass is 9.78. The minimum absolute atomic E-state index is 0.0882. The topological polar surface area (TPSA) is 154 Å². The van der Waals surface area contributed by atoms with Crippen molar-refractivity contribution in [3.63, 3.8) is 0 Å². The molecule has 0 fully saturated rings. The van der Waals surface area contributed by atoms with Gasteiger partial charge in [-0.15, -0.1) is 0 Å². The number of phenolic OH excluding ortho intramolecular Hbond substituents is 2. The molecule has 10 nitrogen and oxygen atoms in total. The van der Waals surface area contributed by atoms with Crippen molar-refractivity contribution < 1.29 is 20.6 Å². The van der Waals surface area contributed by atoms with E-state index in [9.17, 15) is 20.6 Å². The van der Waals surface area contributed by atoms with Crippen LogP contribution in [0.3, 0.4) is 0 Å². The predicted molar refractivity (Wildman–Crippen MR) is 258 cm³/mol. The van der Waals surface area contributed by atoms with Crippen molar-refractivity contribution >= 4 is 56.0 Å². The number of aromatic hydroxyl groups is 2. The molecule has 10 heteroatoms. The first-order chi connectivity index (χ1) is 29.0. The van der Waals surface area contributed by atoms with Crippen LogP contribution in [0.25, 0.3) is 21.5 Å². The molecule has 0 aliphatic carbocycles. The van der Waals surface area contributed by atoms with Gasteiger partial charge >= 0.3 is 0 Å². The number of hydrogen-bond acceptors (Lipinski definition) is 8. The van der Waals surface area contributed by atoms with E-state index < -0.39 is 0 Å². The number of hydrogen-bond donors (Lipinski definition) is 8. The number of benzene rings is 6. The summed E-state index contributed by atoms with van der Waals surface area (Å²) in [5.74, 6) is 0.525. The Kier molecular flexibility index (Phi) is 12.7. The summed E-state index contributed by atoms with van der Waals surface area (Å²) in [5.41, 5.74) is 12.0. The van der Waals surface area contributed by atoms with Crippen LogP contribution in [0.5, 0.6) is 11.5 Å². The van der Waals surface area contributed by atoms with E-state index in [-0.39, 0.29) is 33.3 Å². The van der Waals surface area contributed by atoms with Crippen LogP contribution < -0.4 is 21.6 Å². The van der Waals surface area contributed by atoms with E-state index in [0.717, 1.165) is 66.3 Å². The third kappa shape index (κ3) is 9.83. The van der Waals surface area contributed by atoms with Crippen LogP contribution in [0.4, 0.5) is 22.7 Å². The Morgan fingerprint density at radius 3 is 1.00 bits per heavy atom. The van der Waals surface area contributed by atoms with E-state index in [1.54, 1.807) is 0 Å². The Labute approximate surface area is 366 Å². The lowest BCUT2D eigenvalue weighted by molar-refractivity contribution is 0.223. The second-order valence-electron chi connectivity index (χ2n) is 20.3. The number of anilines is 2. The summed E-state index contributed by atoms with van der Waals surface area (Å²) in [6.07, 6.45) is 0. The van der Waals surface area contributed by atoms with E-state index in [1.165, 1.54) is 0 Å². The largest absolute Gasteiger partial charge is 0.507 e. The molecule has 6 aromatic rings. The van der Waals surface area contributed by atoms with Gasteiger partial charge in [0.05, 0.1) is 11.4 Å². The fourth-order valence-electron chi connectivity index (χ4n) is 7.85. The number of amidine groups is 2. The normalized spacial score (nSPS) is 13.1. The molecule has 0 radical (unpaired) electrons. The summed E-state index contributed by atoms with van der Waals surface area (Å²) in [5, 5.41) is 54.0. The van der Waals surface area contributed by atoms with Crippen molar-refractivity contribution in [1.29, 1.82) is 0 Å². The zero-order valence-electron chi connectivity index (χ0n) is 38.3. The number of phenols is 2. The molecule has 0 aliphatic rings. The number of rotatable bonds is 8. The number of aliphatic imine (C=N–C) groups is 2. The van der Waals surface area contributed by atoms with Crippen LogP contribution in [0.15, 0.2) is 107 Å². The second kappa shape index (κ2) is 17.3. The van der Waals surface area contributed by atoms with Crippen LogP contribution in [-0.2, 0) is 34.7 Å². The van der Waals surface area contributed by atoms with Gasteiger partial charge in [0, 0.05) is 46.0 Å². The molecule has 0 saturated heterocycles. The SMILES string of the molecule is CC(C)(C)c1cc(CNc2ccc(N=C(NO)C(=Nc3ccc(NCc4cc(C(C)(C)C)c(O)c(C(C)(C)C)c4)c4ccccc34)NO)c3ccccc23)cc(C(C)(C)C)c1O. The highest BCUT2D eigenvalue weighted by Gasteiger charge is 2.28. The zero-order valence-corrected chi connectivity index (χ0v) is 38.3. The molecular formula is C52H64N6O4. The van der Waals surface area contributed by atoms with Gasteiger partial charge in [-0.25, -0.2) is 20.9 Å². The lowest BCUT2D eigenvalue weighted by Gasteiger charge is -2.28. The average Bonchev–Trinajstić information content (AvgIpc) is 3.20. The fraction of sp³-hybridized carbons (Fsp3) is 0.346. The van der Waals surface area contributed by atoms with Gasteiger partial charge in [-0.05, 0) is 104 Å². The lowest BCUT2D eigenvalue weighted by Crippen LogP contribution is -2.37. The maximum Gasteiger partial charge on any atom is 0.195 e. The summed E-state index contributed by atoms with van der Waals surface area (Å²) in [4.78, 5) is 9.50. The van der Waals surface area contributed by atoms with Gasteiger partial charge in [0.1, 0.15) is 11.5 Å². The first-order valence-corrected chi connectivity index (χ1v) is 21.2. The Bertz CT molecular complexity index is 2420. The molecule has 0 heterocycles. The summed E-state index contributed by atoms with van der Waals surface area (Å²) in [6, 6.07) is 31.6. The Hall–Kier alpha value is -6.10. The summed E-state index contributed by atoms with van der Waals surface area (Å²) < 4.78 is 0. The maximum absolute atomic E-state index is 11.3. The van der Waals surface area contributed by atoms with Gasteiger partial charge in [0.15, 0.2) is 11.7 Å². The van der Waals surface area contributed by atoms with Gasteiger partial charge in [-0.2, -0.15) is 0 Å². The molecule has 6 aromatic carbocycles. The quantitative estimate of drug-likeness (QED) is 0.0428. The molecule has 0 aromatic heterocycles. The van der Waals surface area contributed by atoms with Gasteiger partial charge in [0.2, 0.25) is 0 Å². The summed E-state index contributed by atoms with van der Waals surface area (Å²) >= 11 is 0. The molecule has 0 amide bonds. The third-order valence-electron chi connectivity index (χ3n) is 11.2. The van der Waals surface area contributed by atoms with Crippen molar-refractivity contribution in [2.45, 2.75) is 118 Å². The van der Waals surface area contributed by atoms with Crippen molar-refractivity contribution in [2.24, 2.45) is 9.98 Å². The molecule has 0 spiro atoms. The van der Waals surface area contributed by atoms with E-state index in [2.05, 4.69) is 129 Å². The highest BCUT2D eigenvalue weighted by atomic mass is 16.5. The molecule has 326 valence electrons. The van der Waals surface area contributed by atoms with Crippen LogP contribution >= 0.6 is 0 Å². The molecule has 0 aliphatic heterocycles. The number of hydroxylamine groups is 2. The minimum Gasteiger partial charge on any atom is -0.507 e. The Morgan fingerprint density at radius 1 is 0.435 bits per heavy atom. The minimum atomic E-state index is -0.242. The standard InChI is InChI=1S/C52H64N6O4/c1-49(2,3)37-25-31(26-38(45(37)59)50(4,5)6)29-53-41-21-23-43(35-19-15-13-17-33(35)41)55-47(57-61)48(58-62)56-44-24-22-42(34-18-14-16-20-36(34)44)54-30-32-27-39(51(7,8)9)46(60)40(28-32)52(10,11)12/h13-28,53-54,59-62H,29-30H2,1-12H3,(H,55,57)(H,56,58). The Balaban J connectivity index is 1.31. The van der Waals surface area contributed by atoms with Crippen LogP contribution in [0.1, 0.15) is 116 Å². The molecule has 0 unspecified atom stereocenters. The summed E-state index contributed by atoms with van der Waals surface area (Å²) in [6.45, 7) is 26.4.